The fourth-order valence-electron chi connectivity index (χ4n) is 2.17. The van der Waals surface area contributed by atoms with Gasteiger partial charge in [0.05, 0.1) is 5.71 Å². The van der Waals surface area contributed by atoms with Crippen molar-refractivity contribution in [2.75, 3.05) is 0 Å². The predicted octanol–water partition coefficient (Wildman–Crippen LogP) is 2.02. The van der Waals surface area contributed by atoms with E-state index in [0.717, 1.165) is 4.68 Å². The molecule has 6 nitrogen and oxygen atoms in total. The van der Waals surface area contributed by atoms with Crippen LogP contribution in [0, 0.1) is 25.2 Å². The third-order valence-electron chi connectivity index (χ3n) is 3.29. The average Bonchev–Trinajstić information content (AvgIpc) is 2.43. The molecule has 22 heavy (non-hydrogen) atoms. The molecule has 2 aromatic rings. The highest BCUT2D eigenvalue weighted by atomic mass is 16.3. The summed E-state index contributed by atoms with van der Waals surface area (Å²) in [6.07, 6.45) is 0. The van der Waals surface area contributed by atoms with Crippen molar-refractivity contribution in [3.05, 3.63) is 57.0 Å². The third-order valence-corrected chi connectivity index (χ3v) is 3.29. The van der Waals surface area contributed by atoms with E-state index in [-0.39, 0.29) is 17.1 Å². The van der Waals surface area contributed by atoms with Crippen molar-refractivity contribution in [1.82, 2.24) is 4.68 Å². The van der Waals surface area contributed by atoms with Crippen LogP contribution in [0.4, 0.5) is 0 Å². The lowest BCUT2D eigenvalue weighted by Crippen LogP contribution is -2.23. The molecule has 0 aliphatic rings. The van der Waals surface area contributed by atoms with Gasteiger partial charge in [0.1, 0.15) is 23.1 Å². The average molecular weight is 297 g/mol. The molecule has 1 aromatic heterocycles. The molecule has 1 aromatic carbocycles. The summed E-state index contributed by atoms with van der Waals surface area (Å²) in [5.74, 6) is -0.205. The Hall–Kier alpha value is -3.07. The van der Waals surface area contributed by atoms with E-state index in [0.29, 0.717) is 22.5 Å². The number of hydrogen-bond donors (Lipinski definition) is 2. The predicted molar refractivity (Wildman–Crippen MR) is 82.3 cm³/mol. The molecule has 0 amide bonds. The van der Waals surface area contributed by atoms with Crippen molar-refractivity contribution in [1.29, 1.82) is 5.26 Å². The van der Waals surface area contributed by atoms with Crippen LogP contribution in [0.15, 0.2) is 34.2 Å². The maximum absolute atomic E-state index is 12.3. The van der Waals surface area contributed by atoms with E-state index in [2.05, 4.69) is 5.10 Å². The van der Waals surface area contributed by atoms with E-state index in [1.54, 1.807) is 26.8 Å². The number of aromatic hydroxyl groups is 2. The molecule has 0 radical (unpaired) electrons. The Morgan fingerprint density at radius 2 is 1.95 bits per heavy atom. The number of nitriles is 1. The van der Waals surface area contributed by atoms with Gasteiger partial charge in [-0.3, -0.25) is 4.79 Å². The van der Waals surface area contributed by atoms with Gasteiger partial charge in [0, 0.05) is 17.3 Å². The SMILES string of the molecule is C/C(=N\n1c(C)cc(C)c(C#N)c1=O)c1ccc(O)cc1O. The first kappa shape index (κ1) is 15.3. The Morgan fingerprint density at radius 3 is 2.55 bits per heavy atom. The fourth-order valence-corrected chi connectivity index (χ4v) is 2.17. The first-order valence-electron chi connectivity index (χ1n) is 6.56. The van der Waals surface area contributed by atoms with Gasteiger partial charge in [-0.25, -0.2) is 4.68 Å². The van der Waals surface area contributed by atoms with E-state index in [9.17, 15) is 15.0 Å². The molecule has 0 aliphatic carbocycles. The Kier molecular flexibility index (Phi) is 4.00. The Bertz CT molecular complexity index is 873. The van der Waals surface area contributed by atoms with Gasteiger partial charge < -0.3 is 10.2 Å². The number of phenolic OH excluding ortho intramolecular Hbond substituents is 2. The van der Waals surface area contributed by atoms with Gasteiger partial charge in [0.25, 0.3) is 5.56 Å². The molecule has 0 saturated heterocycles. The molecule has 0 saturated carbocycles. The number of phenols is 2. The van der Waals surface area contributed by atoms with Gasteiger partial charge in [0.2, 0.25) is 0 Å². The minimum atomic E-state index is -0.502. The standard InChI is InChI=1S/C16H15N3O3/c1-9-6-10(2)19(16(22)14(9)8-17)18-11(3)13-5-4-12(20)7-15(13)21/h4-7,20-21H,1-3H3/b18-11+. The summed E-state index contributed by atoms with van der Waals surface area (Å²) >= 11 is 0. The molecule has 2 rings (SSSR count). The van der Waals surface area contributed by atoms with Crippen LogP contribution in [0.5, 0.6) is 11.5 Å². The van der Waals surface area contributed by atoms with Crippen LogP contribution in [0.1, 0.15) is 29.3 Å². The molecule has 0 aliphatic heterocycles. The Labute approximate surface area is 127 Å². The first-order chi connectivity index (χ1) is 10.3. The molecule has 0 unspecified atom stereocenters. The fraction of sp³-hybridized carbons (Fsp3) is 0.188. The molecule has 112 valence electrons. The van der Waals surface area contributed by atoms with Gasteiger partial charge in [-0.2, -0.15) is 10.4 Å². The van der Waals surface area contributed by atoms with Crippen LogP contribution >= 0.6 is 0 Å². The second-order valence-corrected chi connectivity index (χ2v) is 4.96. The Balaban J connectivity index is 2.63. The van der Waals surface area contributed by atoms with Gasteiger partial charge in [-0.05, 0) is 44.5 Å². The molecule has 2 N–H and O–H groups in total. The molecule has 0 atom stereocenters. The van der Waals surface area contributed by atoms with Gasteiger partial charge in [0.15, 0.2) is 0 Å². The normalized spacial score (nSPS) is 11.3. The van der Waals surface area contributed by atoms with Crippen molar-refractivity contribution in [3.8, 4) is 17.6 Å². The first-order valence-corrected chi connectivity index (χ1v) is 6.56. The zero-order valence-electron chi connectivity index (χ0n) is 12.5. The van der Waals surface area contributed by atoms with Gasteiger partial charge >= 0.3 is 0 Å². The number of benzene rings is 1. The van der Waals surface area contributed by atoms with E-state index in [1.807, 2.05) is 6.07 Å². The van der Waals surface area contributed by atoms with Crippen molar-refractivity contribution < 1.29 is 10.2 Å². The van der Waals surface area contributed by atoms with Crippen LogP contribution in [0.25, 0.3) is 0 Å². The highest BCUT2D eigenvalue weighted by Gasteiger charge is 2.11. The number of nitrogens with zero attached hydrogens (tertiary/aromatic N) is 3. The summed E-state index contributed by atoms with van der Waals surface area (Å²) in [4.78, 5) is 12.3. The highest BCUT2D eigenvalue weighted by Crippen LogP contribution is 2.23. The van der Waals surface area contributed by atoms with Crippen LogP contribution in [-0.2, 0) is 0 Å². The monoisotopic (exact) mass is 297 g/mol. The van der Waals surface area contributed by atoms with Crippen molar-refractivity contribution in [3.63, 3.8) is 0 Å². The van der Waals surface area contributed by atoms with Gasteiger partial charge in [-0.1, -0.05) is 0 Å². The lowest BCUT2D eigenvalue weighted by atomic mass is 10.1. The number of pyridine rings is 1. The van der Waals surface area contributed by atoms with Crippen molar-refractivity contribution in [2.24, 2.45) is 5.10 Å². The maximum atomic E-state index is 12.3. The summed E-state index contributed by atoms with van der Waals surface area (Å²) in [5, 5.41) is 32.4. The molecule has 0 fully saturated rings. The highest BCUT2D eigenvalue weighted by molar-refractivity contribution is 6.01. The minimum Gasteiger partial charge on any atom is -0.508 e. The van der Waals surface area contributed by atoms with Crippen LogP contribution < -0.4 is 5.56 Å². The molecular weight excluding hydrogens is 282 g/mol. The van der Waals surface area contributed by atoms with E-state index in [4.69, 9.17) is 5.26 Å². The van der Waals surface area contributed by atoms with Crippen molar-refractivity contribution >= 4 is 5.71 Å². The maximum Gasteiger partial charge on any atom is 0.289 e. The number of aromatic nitrogens is 1. The minimum absolute atomic E-state index is 0.0390. The molecule has 6 heteroatoms. The topological polar surface area (TPSA) is 98.6 Å². The van der Waals surface area contributed by atoms with Crippen LogP contribution in [-0.4, -0.2) is 20.6 Å². The zero-order valence-corrected chi connectivity index (χ0v) is 12.5. The summed E-state index contributed by atoms with van der Waals surface area (Å²) in [6.45, 7) is 5.03. The van der Waals surface area contributed by atoms with E-state index in [1.165, 1.54) is 18.2 Å². The number of aryl methyl sites for hydroxylation is 2. The molecule has 1 heterocycles. The quantitative estimate of drug-likeness (QED) is 0.828. The third kappa shape index (κ3) is 2.69. The zero-order chi connectivity index (χ0) is 16.4. The van der Waals surface area contributed by atoms with E-state index >= 15 is 0 Å². The molecule has 0 bridgehead atoms. The van der Waals surface area contributed by atoms with Crippen molar-refractivity contribution in [2.45, 2.75) is 20.8 Å². The van der Waals surface area contributed by atoms with Crippen LogP contribution in [0.2, 0.25) is 0 Å². The number of hydrogen-bond acceptors (Lipinski definition) is 5. The summed E-state index contributed by atoms with van der Waals surface area (Å²) in [6, 6.07) is 7.69. The smallest absolute Gasteiger partial charge is 0.289 e. The summed E-state index contributed by atoms with van der Waals surface area (Å²) in [5.41, 5.74) is 1.49. The summed E-state index contributed by atoms with van der Waals surface area (Å²) in [7, 11) is 0. The molecule has 0 spiro atoms. The number of rotatable bonds is 2. The molecular formula is C16H15N3O3. The van der Waals surface area contributed by atoms with Gasteiger partial charge in [-0.15, -0.1) is 0 Å². The van der Waals surface area contributed by atoms with E-state index < -0.39 is 5.56 Å². The lowest BCUT2D eigenvalue weighted by molar-refractivity contribution is 0.450. The summed E-state index contributed by atoms with van der Waals surface area (Å²) < 4.78 is 1.13. The lowest BCUT2D eigenvalue weighted by Gasteiger charge is -2.09. The van der Waals surface area contributed by atoms with Crippen LogP contribution in [0.3, 0.4) is 0 Å². The largest absolute Gasteiger partial charge is 0.508 e. The second kappa shape index (κ2) is 5.74. The Morgan fingerprint density at radius 1 is 1.27 bits per heavy atom. The second-order valence-electron chi connectivity index (χ2n) is 4.96.